The Hall–Kier alpha value is -2.71. The van der Waals surface area contributed by atoms with Crippen molar-refractivity contribution in [3.63, 3.8) is 0 Å². The first-order valence-corrected chi connectivity index (χ1v) is 9.73. The first kappa shape index (κ1) is 22.0. The van der Waals surface area contributed by atoms with Crippen molar-refractivity contribution in [1.82, 2.24) is 14.4 Å². The summed E-state index contributed by atoms with van der Waals surface area (Å²) in [6.07, 6.45) is -4.87. The Balaban J connectivity index is 1.78. The fourth-order valence-electron chi connectivity index (χ4n) is 3.63. The molecule has 3 rings (SSSR count). The fraction of sp³-hybridized carbons (Fsp3) is 0.524. The maximum absolute atomic E-state index is 13.1. The molecule has 2 amide bonds. The zero-order valence-electron chi connectivity index (χ0n) is 17.7. The summed E-state index contributed by atoms with van der Waals surface area (Å²) in [7, 11) is 1.66. The van der Waals surface area contributed by atoms with Crippen LogP contribution in [-0.4, -0.2) is 57.6 Å². The molecule has 0 spiro atoms. The van der Waals surface area contributed by atoms with E-state index in [-0.39, 0.29) is 11.9 Å². The van der Waals surface area contributed by atoms with Crippen LogP contribution in [0.3, 0.4) is 0 Å². The topological polar surface area (TPSA) is 54.8 Å². The van der Waals surface area contributed by atoms with E-state index in [2.05, 4.69) is 0 Å². The summed E-state index contributed by atoms with van der Waals surface area (Å²) < 4.78 is 46.0. The number of benzene rings is 1. The second-order valence-electron chi connectivity index (χ2n) is 8.63. The van der Waals surface area contributed by atoms with Crippen molar-refractivity contribution in [2.75, 3.05) is 19.6 Å². The third kappa shape index (κ3) is 4.39. The lowest BCUT2D eigenvalue weighted by atomic mass is 10.1. The van der Waals surface area contributed by atoms with Crippen molar-refractivity contribution in [2.24, 2.45) is 7.05 Å². The Labute approximate surface area is 173 Å². The highest BCUT2D eigenvalue weighted by Gasteiger charge is 2.34. The van der Waals surface area contributed by atoms with Gasteiger partial charge in [0.2, 0.25) is 0 Å². The SMILES string of the molecule is CC1CN(C(=O)c2cc3cc(C(F)(F)F)ccc3n2C)CCN1C(=O)OC(C)(C)C. The Kier molecular flexibility index (Phi) is 5.51. The predicted molar refractivity (Wildman–Crippen MR) is 106 cm³/mol. The minimum absolute atomic E-state index is 0.246. The minimum atomic E-state index is -4.44. The Bertz CT molecular complexity index is 976. The third-order valence-electron chi connectivity index (χ3n) is 5.13. The first-order chi connectivity index (χ1) is 13.8. The highest BCUT2D eigenvalue weighted by Crippen LogP contribution is 2.32. The second kappa shape index (κ2) is 7.52. The number of carbonyl (C=O) groups excluding carboxylic acids is 2. The van der Waals surface area contributed by atoms with E-state index in [9.17, 15) is 22.8 Å². The van der Waals surface area contributed by atoms with Crippen LogP contribution in [0, 0.1) is 0 Å². The van der Waals surface area contributed by atoms with Crippen molar-refractivity contribution in [2.45, 2.75) is 45.5 Å². The van der Waals surface area contributed by atoms with Crippen LogP contribution in [0.1, 0.15) is 43.7 Å². The van der Waals surface area contributed by atoms with Gasteiger partial charge in [-0.05, 0) is 52.0 Å². The molecule has 1 aromatic carbocycles. The number of aromatic nitrogens is 1. The van der Waals surface area contributed by atoms with Crippen molar-refractivity contribution < 1.29 is 27.5 Å². The Morgan fingerprint density at radius 2 is 1.77 bits per heavy atom. The number of fused-ring (bicyclic) bond motifs is 1. The van der Waals surface area contributed by atoms with E-state index < -0.39 is 23.4 Å². The lowest BCUT2D eigenvalue weighted by Crippen LogP contribution is -2.56. The second-order valence-corrected chi connectivity index (χ2v) is 8.63. The van der Waals surface area contributed by atoms with Crippen LogP contribution in [0.4, 0.5) is 18.0 Å². The van der Waals surface area contributed by atoms with E-state index in [1.807, 2.05) is 6.92 Å². The van der Waals surface area contributed by atoms with Crippen molar-refractivity contribution in [3.8, 4) is 0 Å². The number of amides is 2. The molecule has 0 bridgehead atoms. The minimum Gasteiger partial charge on any atom is -0.444 e. The number of ether oxygens (including phenoxy) is 1. The molecule has 6 nitrogen and oxygen atoms in total. The quantitative estimate of drug-likeness (QED) is 0.685. The van der Waals surface area contributed by atoms with Gasteiger partial charge in [0, 0.05) is 43.6 Å². The van der Waals surface area contributed by atoms with E-state index in [4.69, 9.17) is 4.74 Å². The van der Waals surface area contributed by atoms with Crippen molar-refractivity contribution in [1.29, 1.82) is 0 Å². The first-order valence-electron chi connectivity index (χ1n) is 9.73. The van der Waals surface area contributed by atoms with Crippen LogP contribution in [0.5, 0.6) is 0 Å². The zero-order chi connectivity index (χ0) is 22.4. The van der Waals surface area contributed by atoms with Crippen LogP contribution < -0.4 is 0 Å². The largest absolute Gasteiger partial charge is 0.444 e. The van der Waals surface area contributed by atoms with Crippen molar-refractivity contribution >= 4 is 22.9 Å². The molecule has 30 heavy (non-hydrogen) atoms. The standard InChI is InChI=1S/C21H26F3N3O3/c1-13-12-26(8-9-27(13)19(29)30-20(2,3)4)18(28)17-11-14-10-15(21(22,23)24)6-7-16(14)25(17)5/h6-7,10-11,13H,8-9,12H2,1-5H3. The summed E-state index contributed by atoms with van der Waals surface area (Å²) in [5.74, 6) is -0.280. The number of carbonyl (C=O) groups is 2. The average molecular weight is 425 g/mol. The van der Waals surface area contributed by atoms with Gasteiger partial charge in [0.05, 0.1) is 5.56 Å². The molecule has 1 aliphatic rings. The molecule has 0 saturated carbocycles. The van der Waals surface area contributed by atoms with Gasteiger partial charge in [-0.3, -0.25) is 4.79 Å². The third-order valence-corrected chi connectivity index (χ3v) is 5.13. The molecule has 1 aliphatic heterocycles. The molecule has 1 saturated heterocycles. The smallest absolute Gasteiger partial charge is 0.416 e. The molecule has 1 unspecified atom stereocenters. The maximum atomic E-state index is 13.1. The van der Waals surface area contributed by atoms with E-state index in [1.165, 1.54) is 12.1 Å². The number of rotatable bonds is 1. The lowest BCUT2D eigenvalue weighted by Gasteiger charge is -2.40. The normalized spacial score (nSPS) is 18.1. The molecule has 2 heterocycles. The van der Waals surface area contributed by atoms with Gasteiger partial charge in [0.1, 0.15) is 11.3 Å². The average Bonchev–Trinajstić information content (AvgIpc) is 2.95. The molecule has 0 N–H and O–H groups in total. The monoisotopic (exact) mass is 425 g/mol. The zero-order valence-corrected chi connectivity index (χ0v) is 17.7. The lowest BCUT2D eigenvalue weighted by molar-refractivity contribution is -0.137. The predicted octanol–water partition coefficient (Wildman–Crippen LogP) is 4.28. The van der Waals surface area contributed by atoms with Crippen LogP contribution in [0.2, 0.25) is 0 Å². The summed E-state index contributed by atoms with van der Waals surface area (Å²) in [4.78, 5) is 28.6. The summed E-state index contributed by atoms with van der Waals surface area (Å²) in [6.45, 7) is 8.16. The van der Waals surface area contributed by atoms with Crippen LogP contribution in [-0.2, 0) is 18.0 Å². The van der Waals surface area contributed by atoms with E-state index >= 15 is 0 Å². The van der Waals surface area contributed by atoms with E-state index in [1.54, 1.807) is 42.2 Å². The Morgan fingerprint density at radius 3 is 2.33 bits per heavy atom. The molecular formula is C21H26F3N3O3. The maximum Gasteiger partial charge on any atom is 0.416 e. The number of halogens is 3. The highest BCUT2D eigenvalue weighted by atomic mass is 19.4. The van der Waals surface area contributed by atoms with Gasteiger partial charge < -0.3 is 19.1 Å². The fourth-order valence-corrected chi connectivity index (χ4v) is 3.63. The van der Waals surface area contributed by atoms with Gasteiger partial charge in [-0.1, -0.05) is 0 Å². The summed E-state index contributed by atoms with van der Waals surface area (Å²) in [6, 6.07) is 4.67. The molecule has 1 aromatic heterocycles. The molecule has 9 heteroatoms. The molecule has 1 atom stereocenters. The summed E-state index contributed by atoms with van der Waals surface area (Å²) >= 11 is 0. The molecular weight excluding hydrogens is 399 g/mol. The van der Waals surface area contributed by atoms with Gasteiger partial charge >= 0.3 is 12.3 Å². The molecule has 0 radical (unpaired) electrons. The van der Waals surface area contributed by atoms with Crippen LogP contribution in [0.15, 0.2) is 24.3 Å². The van der Waals surface area contributed by atoms with E-state index in [0.717, 1.165) is 12.1 Å². The number of alkyl halides is 3. The number of hydrogen-bond donors (Lipinski definition) is 0. The Morgan fingerprint density at radius 1 is 1.10 bits per heavy atom. The van der Waals surface area contributed by atoms with Gasteiger partial charge in [-0.15, -0.1) is 0 Å². The number of hydrogen-bond acceptors (Lipinski definition) is 3. The molecule has 2 aromatic rings. The van der Waals surface area contributed by atoms with Crippen molar-refractivity contribution in [3.05, 3.63) is 35.5 Å². The number of aryl methyl sites for hydroxylation is 1. The summed E-state index contributed by atoms with van der Waals surface area (Å²) in [5, 5.41) is 0.358. The van der Waals surface area contributed by atoms with Gasteiger partial charge in [-0.2, -0.15) is 13.2 Å². The van der Waals surface area contributed by atoms with Gasteiger partial charge in [-0.25, -0.2) is 4.79 Å². The number of nitrogens with zero attached hydrogens (tertiary/aromatic N) is 3. The summed E-state index contributed by atoms with van der Waals surface area (Å²) in [5.41, 5.74) is -0.504. The van der Waals surface area contributed by atoms with Gasteiger partial charge in [0.25, 0.3) is 5.91 Å². The molecule has 0 aliphatic carbocycles. The highest BCUT2D eigenvalue weighted by molar-refractivity contribution is 5.99. The van der Waals surface area contributed by atoms with Crippen LogP contribution in [0.25, 0.3) is 10.9 Å². The van der Waals surface area contributed by atoms with Gasteiger partial charge in [0.15, 0.2) is 0 Å². The molecule has 164 valence electrons. The number of piperazine rings is 1. The van der Waals surface area contributed by atoms with Crippen LogP contribution >= 0.6 is 0 Å². The molecule has 1 fully saturated rings. The van der Waals surface area contributed by atoms with E-state index in [0.29, 0.717) is 36.2 Å².